The molecule has 1 aliphatic heterocycles. The molecule has 0 radical (unpaired) electrons. The monoisotopic (exact) mass is 487 g/mol. The summed E-state index contributed by atoms with van der Waals surface area (Å²) >= 11 is 0. The molecule has 0 bridgehead atoms. The van der Waals surface area contributed by atoms with E-state index >= 15 is 0 Å². The van der Waals surface area contributed by atoms with Gasteiger partial charge in [-0.1, -0.05) is 128 Å². The number of rotatable bonds is 9. The summed E-state index contributed by atoms with van der Waals surface area (Å²) in [7, 11) is 0. The standard InChI is InChI=1S/C34H33NO2/c36-32(26-14-5-1-6-15-26)24-30-22-13-23-31(25-33(37)27-16-7-2-8-17-27)35(30)34(28-18-9-3-10-19-28)29-20-11-4-12-21-29/h1-12,14-21,30-31,34H,13,22-25H2/t30-,31+. The van der Waals surface area contributed by atoms with Crippen LogP contribution in [0.5, 0.6) is 0 Å². The molecule has 4 aromatic carbocycles. The highest BCUT2D eigenvalue weighted by Gasteiger charge is 2.39. The number of hydrogen-bond donors (Lipinski definition) is 0. The fourth-order valence-electron chi connectivity index (χ4n) is 5.74. The Labute approximate surface area is 219 Å². The minimum absolute atomic E-state index is 0.0372. The molecule has 5 rings (SSSR count). The number of hydrogen-bond acceptors (Lipinski definition) is 3. The van der Waals surface area contributed by atoms with Gasteiger partial charge in [-0.05, 0) is 24.0 Å². The third kappa shape index (κ3) is 5.95. The van der Waals surface area contributed by atoms with Crippen molar-refractivity contribution >= 4 is 11.6 Å². The fourth-order valence-corrected chi connectivity index (χ4v) is 5.74. The Morgan fingerprint density at radius 1 is 0.568 bits per heavy atom. The molecule has 1 fully saturated rings. The van der Waals surface area contributed by atoms with Gasteiger partial charge in [-0.25, -0.2) is 0 Å². The van der Waals surface area contributed by atoms with Crippen molar-refractivity contribution in [3.05, 3.63) is 144 Å². The van der Waals surface area contributed by atoms with Crippen LogP contribution in [0.3, 0.4) is 0 Å². The molecule has 0 N–H and O–H groups in total. The van der Waals surface area contributed by atoms with Crippen LogP contribution in [-0.4, -0.2) is 28.6 Å². The summed E-state index contributed by atoms with van der Waals surface area (Å²) in [6.45, 7) is 0. The number of nitrogens with zero attached hydrogens (tertiary/aromatic N) is 1. The Balaban J connectivity index is 1.54. The van der Waals surface area contributed by atoms with Crippen molar-refractivity contribution in [2.45, 2.75) is 50.2 Å². The summed E-state index contributed by atoms with van der Waals surface area (Å²) < 4.78 is 0. The highest BCUT2D eigenvalue weighted by Crippen LogP contribution is 2.39. The Bertz CT molecular complexity index is 1190. The molecule has 1 saturated heterocycles. The zero-order chi connectivity index (χ0) is 25.5. The third-order valence-corrected chi connectivity index (χ3v) is 7.48. The average molecular weight is 488 g/mol. The van der Waals surface area contributed by atoms with Crippen molar-refractivity contribution in [3.8, 4) is 0 Å². The van der Waals surface area contributed by atoms with Crippen molar-refractivity contribution in [2.24, 2.45) is 0 Å². The van der Waals surface area contributed by atoms with Crippen LogP contribution < -0.4 is 0 Å². The van der Waals surface area contributed by atoms with Gasteiger partial charge in [0.1, 0.15) is 0 Å². The van der Waals surface area contributed by atoms with Crippen LogP contribution in [0.1, 0.15) is 70.0 Å². The number of benzene rings is 4. The molecule has 0 amide bonds. The topological polar surface area (TPSA) is 37.4 Å². The van der Waals surface area contributed by atoms with Gasteiger partial charge in [0, 0.05) is 36.1 Å². The smallest absolute Gasteiger partial charge is 0.164 e. The van der Waals surface area contributed by atoms with E-state index in [1.807, 2.05) is 72.8 Å². The Morgan fingerprint density at radius 3 is 1.30 bits per heavy atom. The Hall–Kier alpha value is -3.82. The first kappa shape index (κ1) is 24.9. The summed E-state index contributed by atoms with van der Waals surface area (Å²) in [6, 6.07) is 40.2. The summed E-state index contributed by atoms with van der Waals surface area (Å²) in [6.07, 6.45) is 3.76. The maximum atomic E-state index is 13.4. The fraction of sp³-hybridized carbons (Fsp3) is 0.235. The van der Waals surface area contributed by atoms with Gasteiger partial charge in [-0.3, -0.25) is 14.5 Å². The zero-order valence-corrected chi connectivity index (χ0v) is 21.1. The summed E-state index contributed by atoms with van der Waals surface area (Å²) in [4.78, 5) is 29.3. The van der Waals surface area contributed by atoms with Gasteiger partial charge in [0.15, 0.2) is 11.6 Å². The van der Waals surface area contributed by atoms with Gasteiger partial charge in [-0.15, -0.1) is 0 Å². The molecule has 0 saturated carbocycles. The highest BCUT2D eigenvalue weighted by atomic mass is 16.1. The van der Waals surface area contributed by atoms with Crippen molar-refractivity contribution in [2.75, 3.05) is 0 Å². The first-order valence-corrected chi connectivity index (χ1v) is 13.2. The molecule has 1 aliphatic rings. The second kappa shape index (κ2) is 11.9. The molecule has 2 atom stereocenters. The number of carbonyl (C=O) groups is 2. The molecular formula is C34H33NO2. The van der Waals surface area contributed by atoms with Gasteiger partial charge < -0.3 is 0 Å². The molecule has 1 heterocycles. The van der Waals surface area contributed by atoms with E-state index < -0.39 is 0 Å². The Morgan fingerprint density at radius 2 is 0.919 bits per heavy atom. The average Bonchev–Trinajstić information content (AvgIpc) is 2.96. The predicted molar refractivity (Wildman–Crippen MR) is 149 cm³/mol. The van der Waals surface area contributed by atoms with Gasteiger partial charge in [0.05, 0.1) is 6.04 Å². The number of Topliss-reactive ketones (excluding diaryl/α,β-unsaturated/α-hetero) is 2. The lowest BCUT2D eigenvalue weighted by Crippen LogP contribution is -2.50. The first-order chi connectivity index (χ1) is 18.2. The maximum Gasteiger partial charge on any atom is 0.164 e. The number of piperidine rings is 1. The Kier molecular flexibility index (Phi) is 8.02. The predicted octanol–water partition coefficient (Wildman–Crippen LogP) is 7.55. The van der Waals surface area contributed by atoms with Crippen molar-refractivity contribution in [3.63, 3.8) is 0 Å². The third-order valence-electron chi connectivity index (χ3n) is 7.48. The van der Waals surface area contributed by atoms with Crippen molar-refractivity contribution < 1.29 is 9.59 Å². The van der Waals surface area contributed by atoms with Crippen molar-refractivity contribution in [1.82, 2.24) is 4.90 Å². The minimum Gasteiger partial charge on any atom is -0.294 e. The molecule has 0 spiro atoms. The molecule has 37 heavy (non-hydrogen) atoms. The molecule has 3 nitrogen and oxygen atoms in total. The van der Waals surface area contributed by atoms with Crippen LogP contribution in [0, 0.1) is 0 Å². The van der Waals surface area contributed by atoms with Gasteiger partial charge in [0.2, 0.25) is 0 Å². The second-order valence-corrected chi connectivity index (χ2v) is 9.90. The maximum absolute atomic E-state index is 13.4. The van der Waals surface area contributed by atoms with Crippen LogP contribution in [-0.2, 0) is 0 Å². The van der Waals surface area contributed by atoms with Crippen LogP contribution in [0.25, 0.3) is 0 Å². The molecule has 186 valence electrons. The van der Waals surface area contributed by atoms with Crippen LogP contribution in [0.4, 0.5) is 0 Å². The molecule has 0 aliphatic carbocycles. The van der Waals surface area contributed by atoms with E-state index in [0.29, 0.717) is 12.8 Å². The molecular weight excluding hydrogens is 454 g/mol. The van der Waals surface area contributed by atoms with E-state index in [0.717, 1.165) is 30.4 Å². The largest absolute Gasteiger partial charge is 0.294 e. The van der Waals surface area contributed by atoms with Crippen molar-refractivity contribution in [1.29, 1.82) is 0 Å². The van der Waals surface area contributed by atoms with E-state index in [1.54, 1.807) is 0 Å². The molecule has 0 aromatic heterocycles. The number of carbonyl (C=O) groups excluding carboxylic acids is 2. The molecule has 4 aromatic rings. The summed E-state index contributed by atoms with van der Waals surface area (Å²) in [5.41, 5.74) is 3.87. The summed E-state index contributed by atoms with van der Waals surface area (Å²) in [5, 5.41) is 0. The van der Waals surface area contributed by atoms with Crippen LogP contribution in [0.2, 0.25) is 0 Å². The normalized spacial score (nSPS) is 18.0. The van der Waals surface area contributed by atoms with E-state index in [2.05, 4.69) is 53.4 Å². The molecule has 0 unspecified atom stereocenters. The van der Waals surface area contributed by atoms with Crippen LogP contribution in [0.15, 0.2) is 121 Å². The quantitative estimate of drug-likeness (QED) is 0.229. The van der Waals surface area contributed by atoms with E-state index in [1.165, 1.54) is 11.1 Å². The molecule has 3 heteroatoms. The van der Waals surface area contributed by atoms with Gasteiger partial charge in [-0.2, -0.15) is 0 Å². The highest BCUT2D eigenvalue weighted by molar-refractivity contribution is 5.97. The van der Waals surface area contributed by atoms with Gasteiger partial charge in [0.25, 0.3) is 0 Å². The van der Waals surface area contributed by atoms with E-state index in [4.69, 9.17) is 0 Å². The summed E-state index contributed by atoms with van der Waals surface area (Å²) in [5.74, 6) is 0.316. The zero-order valence-electron chi connectivity index (χ0n) is 21.1. The first-order valence-electron chi connectivity index (χ1n) is 13.2. The number of ketones is 2. The second-order valence-electron chi connectivity index (χ2n) is 9.90. The van der Waals surface area contributed by atoms with Crippen LogP contribution >= 0.6 is 0 Å². The minimum atomic E-state index is -0.0372. The number of likely N-dealkylation sites (tertiary alicyclic amines) is 1. The van der Waals surface area contributed by atoms with Gasteiger partial charge >= 0.3 is 0 Å². The lowest BCUT2D eigenvalue weighted by atomic mass is 9.83. The van der Waals surface area contributed by atoms with E-state index in [-0.39, 0.29) is 29.7 Å². The van der Waals surface area contributed by atoms with E-state index in [9.17, 15) is 9.59 Å². The lowest BCUT2D eigenvalue weighted by molar-refractivity contribution is 0.0395. The SMILES string of the molecule is O=C(C[C@H]1CCC[C@@H](CC(=O)c2ccccc2)N1C(c1ccccc1)c1ccccc1)c1ccccc1. The lowest BCUT2D eigenvalue weighted by Gasteiger charge is -2.47.